The van der Waals surface area contributed by atoms with E-state index in [9.17, 15) is 4.79 Å². The molecule has 0 aliphatic carbocycles. The second kappa shape index (κ2) is 10.8. The number of fused-ring (bicyclic) bond motifs is 1. The van der Waals surface area contributed by atoms with E-state index < -0.39 is 0 Å². The van der Waals surface area contributed by atoms with Gasteiger partial charge in [0.25, 0.3) is 5.91 Å². The molecule has 0 radical (unpaired) electrons. The third kappa shape index (κ3) is 5.36. The number of carbonyl (C=O) groups is 1. The molecule has 0 unspecified atom stereocenters. The standard InChI is InChI=1S/C27H30N4O3/c1-4-33-25-10-9-20(15-26(25)34-5-2)11-14-29-27(32)23-16-21-12-13-28-17-24(21)31(23)18-22-8-6-7-19(3)30-22/h6-10,12-13,15-17H,4-5,11,14,18H2,1-3H3,(H,29,32). The van der Waals surface area contributed by atoms with E-state index in [0.29, 0.717) is 38.4 Å². The lowest BCUT2D eigenvalue weighted by atomic mass is 10.1. The first-order valence-corrected chi connectivity index (χ1v) is 11.6. The van der Waals surface area contributed by atoms with E-state index in [2.05, 4.69) is 15.3 Å². The Bertz CT molecular complexity index is 1280. The molecular formula is C27H30N4O3. The Hall–Kier alpha value is -3.87. The second-order valence-electron chi connectivity index (χ2n) is 7.97. The van der Waals surface area contributed by atoms with Gasteiger partial charge in [-0.05, 0) is 69.2 Å². The van der Waals surface area contributed by atoms with Crippen LogP contribution in [0.25, 0.3) is 10.9 Å². The minimum Gasteiger partial charge on any atom is -0.490 e. The summed E-state index contributed by atoms with van der Waals surface area (Å²) in [6.45, 7) is 8.00. The number of nitrogens with zero attached hydrogens (tertiary/aromatic N) is 3. The SMILES string of the molecule is CCOc1ccc(CCNC(=O)c2cc3ccncc3n2Cc2cccc(C)n2)cc1OCC. The lowest BCUT2D eigenvalue weighted by Gasteiger charge is -2.13. The van der Waals surface area contributed by atoms with Gasteiger partial charge in [0.1, 0.15) is 5.69 Å². The predicted octanol–water partition coefficient (Wildman–Crippen LogP) is 4.56. The predicted molar refractivity (Wildman–Crippen MR) is 133 cm³/mol. The lowest BCUT2D eigenvalue weighted by molar-refractivity contribution is 0.0945. The summed E-state index contributed by atoms with van der Waals surface area (Å²) >= 11 is 0. The number of hydrogen-bond acceptors (Lipinski definition) is 5. The van der Waals surface area contributed by atoms with Gasteiger partial charge in [-0.1, -0.05) is 12.1 Å². The van der Waals surface area contributed by atoms with E-state index in [-0.39, 0.29) is 5.91 Å². The van der Waals surface area contributed by atoms with Crippen molar-refractivity contribution in [3.8, 4) is 11.5 Å². The molecule has 3 aromatic heterocycles. The maximum Gasteiger partial charge on any atom is 0.267 e. The Labute approximate surface area is 199 Å². The normalized spacial score (nSPS) is 10.9. The molecule has 1 N–H and O–H groups in total. The van der Waals surface area contributed by atoms with Crippen molar-refractivity contribution in [3.05, 3.63) is 83.6 Å². The zero-order valence-corrected chi connectivity index (χ0v) is 19.9. The molecule has 0 saturated heterocycles. The molecule has 0 atom stereocenters. The number of rotatable bonds is 10. The van der Waals surface area contributed by atoms with Crippen LogP contribution in [0.5, 0.6) is 11.5 Å². The van der Waals surface area contributed by atoms with Crippen LogP contribution in [-0.4, -0.2) is 40.2 Å². The van der Waals surface area contributed by atoms with Crippen LogP contribution in [0.2, 0.25) is 0 Å². The van der Waals surface area contributed by atoms with Crippen molar-refractivity contribution in [2.45, 2.75) is 33.7 Å². The van der Waals surface area contributed by atoms with Gasteiger partial charge in [0.05, 0.1) is 37.2 Å². The van der Waals surface area contributed by atoms with Crippen LogP contribution >= 0.6 is 0 Å². The van der Waals surface area contributed by atoms with E-state index in [4.69, 9.17) is 9.47 Å². The summed E-state index contributed by atoms with van der Waals surface area (Å²) in [6.07, 6.45) is 4.21. The molecule has 0 bridgehead atoms. The van der Waals surface area contributed by atoms with Gasteiger partial charge in [-0.25, -0.2) is 0 Å². The lowest BCUT2D eigenvalue weighted by Crippen LogP contribution is -2.28. The van der Waals surface area contributed by atoms with Gasteiger partial charge in [0.2, 0.25) is 0 Å². The smallest absolute Gasteiger partial charge is 0.267 e. The molecule has 0 saturated carbocycles. The molecule has 1 amide bonds. The molecule has 0 spiro atoms. The number of aryl methyl sites for hydroxylation is 1. The fraction of sp³-hybridized carbons (Fsp3) is 0.296. The van der Waals surface area contributed by atoms with E-state index in [1.54, 1.807) is 12.4 Å². The maximum atomic E-state index is 13.2. The molecular weight excluding hydrogens is 428 g/mol. The number of benzene rings is 1. The highest BCUT2D eigenvalue weighted by Gasteiger charge is 2.16. The first-order chi connectivity index (χ1) is 16.6. The average Bonchev–Trinajstić information content (AvgIpc) is 3.19. The van der Waals surface area contributed by atoms with Crippen molar-refractivity contribution in [2.75, 3.05) is 19.8 Å². The minimum atomic E-state index is -0.125. The fourth-order valence-corrected chi connectivity index (χ4v) is 3.97. The molecule has 0 aliphatic rings. The number of hydrogen-bond donors (Lipinski definition) is 1. The van der Waals surface area contributed by atoms with Crippen LogP contribution in [-0.2, 0) is 13.0 Å². The highest BCUT2D eigenvalue weighted by atomic mass is 16.5. The van der Waals surface area contributed by atoms with Crippen LogP contribution in [0, 0.1) is 6.92 Å². The molecule has 4 rings (SSSR count). The zero-order chi connectivity index (χ0) is 23.9. The number of amides is 1. The Morgan fingerprint density at radius 2 is 1.85 bits per heavy atom. The molecule has 34 heavy (non-hydrogen) atoms. The van der Waals surface area contributed by atoms with E-state index in [1.807, 2.05) is 73.9 Å². The first kappa shape index (κ1) is 23.3. The molecule has 0 aliphatic heterocycles. The van der Waals surface area contributed by atoms with Crippen LogP contribution in [0.1, 0.15) is 41.3 Å². The Kier molecular flexibility index (Phi) is 7.42. The Balaban J connectivity index is 1.49. The van der Waals surface area contributed by atoms with Gasteiger partial charge >= 0.3 is 0 Å². The number of nitrogens with one attached hydrogen (secondary N) is 1. The maximum absolute atomic E-state index is 13.2. The third-order valence-electron chi connectivity index (χ3n) is 5.51. The number of ether oxygens (including phenoxy) is 2. The van der Waals surface area contributed by atoms with Gasteiger partial charge in [0, 0.05) is 23.8 Å². The van der Waals surface area contributed by atoms with Gasteiger partial charge in [-0.3, -0.25) is 14.8 Å². The van der Waals surface area contributed by atoms with Gasteiger partial charge in [0.15, 0.2) is 11.5 Å². The largest absolute Gasteiger partial charge is 0.490 e. The fourth-order valence-electron chi connectivity index (χ4n) is 3.97. The Morgan fingerprint density at radius 3 is 2.65 bits per heavy atom. The molecule has 3 heterocycles. The van der Waals surface area contributed by atoms with Crippen LogP contribution < -0.4 is 14.8 Å². The summed E-state index contributed by atoms with van der Waals surface area (Å²) < 4.78 is 13.3. The molecule has 0 fully saturated rings. The van der Waals surface area contributed by atoms with Crippen molar-refractivity contribution in [1.29, 1.82) is 0 Å². The van der Waals surface area contributed by atoms with Gasteiger partial charge < -0.3 is 19.4 Å². The van der Waals surface area contributed by atoms with Crippen LogP contribution in [0.15, 0.2) is 60.9 Å². The second-order valence-corrected chi connectivity index (χ2v) is 7.97. The summed E-state index contributed by atoms with van der Waals surface area (Å²) in [4.78, 5) is 22.0. The molecule has 1 aromatic carbocycles. The van der Waals surface area contributed by atoms with Gasteiger partial charge in [-0.15, -0.1) is 0 Å². The monoisotopic (exact) mass is 458 g/mol. The topological polar surface area (TPSA) is 78.3 Å². The molecule has 7 heteroatoms. The summed E-state index contributed by atoms with van der Waals surface area (Å²) in [5, 5.41) is 4.04. The highest BCUT2D eigenvalue weighted by Crippen LogP contribution is 2.28. The summed E-state index contributed by atoms with van der Waals surface area (Å²) in [5.74, 6) is 1.34. The van der Waals surface area contributed by atoms with Crippen molar-refractivity contribution in [1.82, 2.24) is 19.9 Å². The van der Waals surface area contributed by atoms with E-state index >= 15 is 0 Å². The number of carbonyl (C=O) groups excluding carboxylic acids is 1. The summed E-state index contributed by atoms with van der Waals surface area (Å²) in [6, 6.07) is 15.6. The van der Waals surface area contributed by atoms with Gasteiger partial charge in [-0.2, -0.15) is 0 Å². The minimum absolute atomic E-state index is 0.125. The average molecular weight is 459 g/mol. The van der Waals surface area contributed by atoms with Crippen LogP contribution in [0.4, 0.5) is 0 Å². The number of aromatic nitrogens is 3. The van der Waals surface area contributed by atoms with E-state index in [1.165, 1.54) is 0 Å². The molecule has 4 aromatic rings. The van der Waals surface area contributed by atoms with Crippen molar-refractivity contribution < 1.29 is 14.3 Å². The highest BCUT2D eigenvalue weighted by molar-refractivity contribution is 5.98. The quantitative estimate of drug-likeness (QED) is 0.377. The Morgan fingerprint density at radius 1 is 1.03 bits per heavy atom. The summed E-state index contributed by atoms with van der Waals surface area (Å²) in [5.41, 5.74) is 4.41. The first-order valence-electron chi connectivity index (χ1n) is 11.6. The molecule has 176 valence electrons. The molecule has 7 nitrogen and oxygen atoms in total. The zero-order valence-electron chi connectivity index (χ0n) is 19.9. The van der Waals surface area contributed by atoms with Crippen molar-refractivity contribution >= 4 is 16.8 Å². The van der Waals surface area contributed by atoms with E-state index in [0.717, 1.165) is 39.4 Å². The van der Waals surface area contributed by atoms with Crippen molar-refractivity contribution in [2.24, 2.45) is 0 Å². The summed E-state index contributed by atoms with van der Waals surface area (Å²) in [7, 11) is 0. The van der Waals surface area contributed by atoms with Crippen molar-refractivity contribution in [3.63, 3.8) is 0 Å². The van der Waals surface area contributed by atoms with Crippen LogP contribution in [0.3, 0.4) is 0 Å². The third-order valence-corrected chi connectivity index (χ3v) is 5.51. The number of pyridine rings is 2.